The number of aryl methyl sites for hydroxylation is 1. The van der Waals surface area contributed by atoms with Gasteiger partial charge in [0, 0.05) is 6.04 Å². The van der Waals surface area contributed by atoms with Crippen LogP contribution in [0.5, 0.6) is 0 Å². The van der Waals surface area contributed by atoms with Crippen molar-refractivity contribution in [3.8, 4) is 0 Å². The van der Waals surface area contributed by atoms with Gasteiger partial charge >= 0.3 is 0 Å². The van der Waals surface area contributed by atoms with Gasteiger partial charge in [0.25, 0.3) is 0 Å². The molecule has 106 valence electrons. The van der Waals surface area contributed by atoms with Crippen LogP contribution in [-0.4, -0.2) is 6.54 Å². The Morgan fingerprint density at radius 2 is 1.70 bits per heavy atom. The van der Waals surface area contributed by atoms with Gasteiger partial charge in [0.15, 0.2) is 0 Å². The molecule has 0 spiro atoms. The second kappa shape index (κ2) is 7.25. The number of benzene rings is 2. The fourth-order valence-electron chi connectivity index (χ4n) is 2.61. The van der Waals surface area contributed by atoms with E-state index >= 15 is 0 Å². The fourth-order valence-corrected chi connectivity index (χ4v) is 2.61. The van der Waals surface area contributed by atoms with Gasteiger partial charge in [-0.2, -0.15) is 0 Å². The maximum absolute atomic E-state index is 3.70. The zero-order valence-corrected chi connectivity index (χ0v) is 12.8. The fraction of sp³-hybridized carbons (Fsp3) is 0.368. The van der Waals surface area contributed by atoms with Gasteiger partial charge in [-0.1, -0.05) is 55.5 Å². The molecule has 0 bridgehead atoms. The van der Waals surface area contributed by atoms with Gasteiger partial charge in [-0.25, -0.2) is 0 Å². The summed E-state index contributed by atoms with van der Waals surface area (Å²) >= 11 is 0. The molecule has 1 nitrogen and oxygen atoms in total. The summed E-state index contributed by atoms with van der Waals surface area (Å²) in [5, 5.41) is 3.70. The second-order valence-corrected chi connectivity index (χ2v) is 5.49. The van der Waals surface area contributed by atoms with E-state index in [2.05, 4.69) is 74.6 Å². The van der Waals surface area contributed by atoms with Crippen LogP contribution in [0.15, 0.2) is 48.5 Å². The predicted molar refractivity (Wildman–Crippen MR) is 87.1 cm³/mol. The standard InChI is InChI=1S/C19H25N/c1-4-13-20-19(14-17-10-6-5-7-11-17)18-12-8-9-15(2)16(18)3/h5-12,19-20H,4,13-14H2,1-3H3. The monoisotopic (exact) mass is 267 g/mol. The van der Waals surface area contributed by atoms with Crippen molar-refractivity contribution in [2.24, 2.45) is 0 Å². The summed E-state index contributed by atoms with van der Waals surface area (Å²) in [6.45, 7) is 7.70. The van der Waals surface area contributed by atoms with E-state index in [-0.39, 0.29) is 0 Å². The number of nitrogens with one attached hydrogen (secondary N) is 1. The van der Waals surface area contributed by atoms with Crippen LogP contribution in [0, 0.1) is 13.8 Å². The van der Waals surface area contributed by atoms with Crippen molar-refractivity contribution >= 4 is 0 Å². The molecular formula is C19H25N. The summed E-state index contributed by atoms with van der Waals surface area (Å²) in [5.41, 5.74) is 5.61. The Hall–Kier alpha value is -1.60. The van der Waals surface area contributed by atoms with Crippen LogP contribution in [0.1, 0.15) is 41.6 Å². The molecule has 0 radical (unpaired) electrons. The van der Waals surface area contributed by atoms with E-state index in [0.29, 0.717) is 6.04 Å². The first kappa shape index (κ1) is 14.8. The molecule has 2 aromatic rings. The van der Waals surface area contributed by atoms with Crippen LogP contribution in [0.4, 0.5) is 0 Å². The molecule has 2 rings (SSSR count). The van der Waals surface area contributed by atoms with Gasteiger partial charge in [-0.05, 0) is 55.5 Å². The highest BCUT2D eigenvalue weighted by Gasteiger charge is 2.14. The Labute approximate surface area is 123 Å². The van der Waals surface area contributed by atoms with Gasteiger partial charge in [0.1, 0.15) is 0 Å². The third kappa shape index (κ3) is 3.71. The van der Waals surface area contributed by atoms with Gasteiger partial charge in [-0.3, -0.25) is 0 Å². The van der Waals surface area contributed by atoms with Crippen LogP contribution in [0.25, 0.3) is 0 Å². The van der Waals surface area contributed by atoms with Crippen molar-refractivity contribution in [2.75, 3.05) is 6.54 Å². The van der Waals surface area contributed by atoms with Crippen LogP contribution in [0.2, 0.25) is 0 Å². The molecule has 2 aromatic carbocycles. The van der Waals surface area contributed by atoms with Crippen molar-refractivity contribution in [3.05, 3.63) is 70.8 Å². The molecule has 0 aliphatic carbocycles. The highest BCUT2D eigenvalue weighted by molar-refractivity contribution is 5.36. The molecule has 1 N–H and O–H groups in total. The molecule has 0 aliphatic rings. The Balaban J connectivity index is 2.25. The zero-order chi connectivity index (χ0) is 14.4. The van der Waals surface area contributed by atoms with Crippen molar-refractivity contribution in [2.45, 2.75) is 39.7 Å². The van der Waals surface area contributed by atoms with E-state index < -0.39 is 0 Å². The van der Waals surface area contributed by atoms with Crippen LogP contribution < -0.4 is 5.32 Å². The van der Waals surface area contributed by atoms with E-state index in [1.807, 2.05) is 0 Å². The smallest absolute Gasteiger partial charge is 0.0363 e. The number of hydrogen-bond acceptors (Lipinski definition) is 1. The second-order valence-electron chi connectivity index (χ2n) is 5.49. The van der Waals surface area contributed by atoms with Gasteiger partial charge in [0.2, 0.25) is 0 Å². The third-order valence-corrected chi connectivity index (χ3v) is 3.95. The molecule has 0 fully saturated rings. The summed E-state index contributed by atoms with van der Waals surface area (Å²) < 4.78 is 0. The lowest BCUT2D eigenvalue weighted by molar-refractivity contribution is 0.527. The van der Waals surface area contributed by atoms with Crippen LogP contribution in [0.3, 0.4) is 0 Å². The molecule has 0 amide bonds. The highest BCUT2D eigenvalue weighted by atomic mass is 14.9. The van der Waals surface area contributed by atoms with E-state index in [1.165, 1.54) is 22.3 Å². The Morgan fingerprint density at radius 1 is 0.950 bits per heavy atom. The summed E-state index contributed by atoms with van der Waals surface area (Å²) in [6.07, 6.45) is 2.21. The van der Waals surface area contributed by atoms with E-state index in [4.69, 9.17) is 0 Å². The average molecular weight is 267 g/mol. The summed E-state index contributed by atoms with van der Waals surface area (Å²) in [4.78, 5) is 0. The minimum absolute atomic E-state index is 0.400. The van der Waals surface area contributed by atoms with E-state index in [1.54, 1.807) is 0 Å². The molecule has 1 atom stereocenters. The van der Waals surface area contributed by atoms with E-state index in [9.17, 15) is 0 Å². The summed E-state index contributed by atoms with van der Waals surface area (Å²) in [6, 6.07) is 17.8. The number of rotatable bonds is 6. The Bertz CT molecular complexity index is 531. The highest BCUT2D eigenvalue weighted by Crippen LogP contribution is 2.24. The molecule has 0 aliphatic heterocycles. The van der Waals surface area contributed by atoms with Crippen molar-refractivity contribution in [3.63, 3.8) is 0 Å². The van der Waals surface area contributed by atoms with Gasteiger partial charge in [0.05, 0.1) is 0 Å². The van der Waals surface area contributed by atoms with Crippen LogP contribution >= 0.6 is 0 Å². The lowest BCUT2D eigenvalue weighted by Crippen LogP contribution is -2.25. The summed E-state index contributed by atoms with van der Waals surface area (Å²) in [7, 11) is 0. The molecule has 20 heavy (non-hydrogen) atoms. The molecule has 0 heterocycles. The minimum atomic E-state index is 0.400. The first-order valence-corrected chi connectivity index (χ1v) is 7.55. The van der Waals surface area contributed by atoms with Crippen molar-refractivity contribution in [1.29, 1.82) is 0 Å². The van der Waals surface area contributed by atoms with Gasteiger partial charge in [-0.15, -0.1) is 0 Å². The van der Waals surface area contributed by atoms with E-state index in [0.717, 1.165) is 19.4 Å². The van der Waals surface area contributed by atoms with Gasteiger partial charge < -0.3 is 5.32 Å². The third-order valence-electron chi connectivity index (χ3n) is 3.95. The molecule has 1 heteroatoms. The van der Waals surface area contributed by atoms with Crippen molar-refractivity contribution in [1.82, 2.24) is 5.32 Å². The Morgan fingerprint density at radius 3 is 2.40 bits per heavy atom. The molecule has 0 saturated carbocycles. The van der Waals surface area contributed by atoms with Crippen LogP contribution in [-0.2, 0) is 6.42 Å². The predicted octanol–water partition coefficient (Wildman–Crippen LogP) is 4.59. The lowest BCUT2D eigenvalue weighted by atomic mass is 9.93. The Kier molecular flexibility index (Phi) is 5.37. The SMILES string of the molecule is CCCNC(Cc1ccccc1)c1cccc(C)c1C. The minimum Gasteiger partial charge on any atom is -0.310 e. The lowest BCUT2D eigenvalue weighted by Gasteiger charge is -2.22. The molecule has 0 saturated heterocycles. The average Bonchev–Trinajstić information content (AvgIpc) is 2.48. The first-order chi connectivity index (χ1) is 9.72. The zero-order valence-electron chi connectivity index (χ0n) is 12.8. The summed E-state index contributed by atoms with van der Waals surface area (Å²) in [5.74, 6) is 0. The number of hydrogen-bond donors (Lipinski definition) is 1. The molecular weight excluding hydrogens is 242 g/mol. The largest absolute Gasteiger partial charge is 0.310 e. The quantitative estimate of drug-likeness (QED) is 0.807. The van der Waals surface area contributed by atoms with Crippen molar-refractivity contribution < 1.29 is 0 Å². The maximum Gasteiger partial charge on any atom is 0.0363 e. The normalized spacial score (nSPS) is 12.3. The molecule has 0 aromatic heterocycles. The maximum atomic E-state index is 3.70. The first-order valence-electron chi connectivity index (χ1n) is 7.55. The topological polar surface area (TPSA) is 12.0 Å². The molecule has 1 unspecified atom stereocenters.